The molecule has 3 nitrogen and oxygen atoms in total. The Morgan fingerprint density at radius 2 is 1.85 bits per heavy atom. The summed E-state index contributed by atoms with van der Waals surface area (Å²) in [5, 5.41) is 0.781. The Labute approximate surface area is 126 Å². The lowest BCUT2D eigenvalue weighted by Gasteiger charge is -2.40. The van der Waals surface area contributed by atoms with Crippen LogP contribution >= 0.6 is 11.6 Å². The molecule has 1 aromatic heterocycles. The molecule has 0 amide bonds. The van der Waals surface area contributed by atoms with Crippen LogP contribution in [0.1, 0.15) is 38.5 Å². The van der Waals surface area contributed by atoms with Crippen LogP contribution in [0.2, 0.25) is 5.02 Å². The van der Waals surface area contributed by atoms with E-state index in [0.29, 0.717) is 6.04 Å². The average Bonchev–Trinajstić information content (AvgIpc) is 2.77. The molecule has 0 N–H and O–H groups in total. The number of piperidine rings is 1. The van der Waals surface area contributed by atoms with Gasteiger partial charge in [0.05, 0.1) is 10.7 Å². The molecule has 0 aromatic carbocycles. The Bertz CT molecular complexity index is 429. The minimum absolute atomic E-state index is 0.700. The summed E-state index contributed by atoms with van der Waals surface area (Å²) < 4.78 is 0. The van der Waals surface area contributed by atoms with Crippen molar-refractivity contribution in [1.29, 1.82) is 0 Å². The molecule has 20 heavy (non-hydrogen) atoms. The highest BCUT2D eigenvalue weighted by molar-refractivity contribution is 6.33. The van der Waals surface area contributed by atoms with Gasteiger partial charge in [-0.1, -0.05) is 24.4 Å². The van der Waals surface area contributed by atoms with Crippen molar-refractivity contribution in [2.45, 2.75) is 44.6 Å². The largest absolute Gasteiger partial charge is 0.369 e. The van der Waals surface area contributed by atoms with Gasteiger partial charge in [0.25, 0.3) is 0 Å². The van der Waals surface area contributed by atoms with Crippen LogP contribution in [0.5, 0.6) is 0 Å². The summed E-state index contributed by atoms with van der Waals surface area (Å²) in [6, 6.07) is 2.75. The van der Waals surface area contributed by atoms with Gasteiger partial charge >= 0.3 is 0 Å². The van der Waals surface area contributed by atoms with Crippen molar-refractivity contribution in [3.63, 3.8) is 0 Å². The smallest absolute Gasteiger partial charge is 0.0822 e. The van der Waals surface area contributed by atoms with Crippen molar-refractivity contribution in [2.75, 3.05) is 31.1 Å². The van der Waals surface area contributed by atoms with Gasteiger partial charge in [0.15, 0.2) is 0 Å². The molecule has 0 spiro atoms. The number of nitrogens with zero attached hydrogens (tertiary/aromatic N) is 3. The highest BCUT2D eigenvalue weighted by Gasteiger charge is 2.26. The van der Waals surface area contributed by atoms with Crippen molar-refractivity contribution in [3.8, 4) is 0 Å². The fourth-order valence-corrected chi connectivity index (χ4v) is 3.80. The molecule has 0 radical (unpaired) electrons. The van der Waals surface area contributed by atoms with Gasteiger partial charge in [-0.15, -0.1) is 0 Å². The molecule has 1 aromatic rings. The molecule has 2 fully saturated rings. The van der Waals surface area contributed by atoms with Gasteiger partial charge in [-0.05, 0) is 44.8 Å². The van der Waals surface area contributed by atoms with Gasteiger partial charge in [-0.25, -0.2) is 0 Å². The van der Waals surface area contributed by atoms with Crippen molar-refractivity contribution in [2.24, 2.45) is 0 Å². The molecule has 4 heteroatoms. The van der Waals surface area contributed by atoms with Crippen LogP contribution in [0.3, 0.4) is 0 Å². The number of anilines is 1. The van der Waals surface area contributed by atoms with Gasteiger partial charge < -0.3 is 4.90 Å². The highest BCUT2D eigenvalue weighted by Crippen LogP contribution is 2.29. The molecule has 0 saturated carbocycles. The van der Waals surface area contributed by atoms with E-state index in [1.54, 1.807) is 6.20 Å². The molecule has 110 valence electrons. The fourth-order valence-electron chi connectivity index (χ4n) is 3.56. The zero-order chi connectivity index (χ0) is 13.8. The van der Waals surface area contributed by atoms with E-state index < -0.39 is 0 Å². The Balaban J connectivity index is 1.68. The van der Waals surface area contributed by atoms with Crippen LogP contribution in [0.4, 0.5) is 5.69 Å². The molecule has 2 aliphatic rings. The summed E-state index contributed by atoms with van der Waals surface area (Å²) >= 11 is 6.30. The highest BCUT2D eigenvalue weighted by atomic mass is 35.5. The maximum absolute atomic E-state index is 6.30. The first kappa shape index (κ1) is 14.2. The molecule has 1 atom stereocenters. The second-order valence-corrected chi connectivity index (χ2v) is 6.43. The van der Waals surface area contributed by atoms with E-state index in [-0.39, 0.29) is 0 Å². The SMILES string of the molecule is Clc1cnccc1N1CCCC(N2CCCCCC2)C1. The fraction of sp³-hybridized carbons (Fsp3) is 0.688. The predicted octanol–water partition coefficient (Wildman–Crippen LogP) is 3.58. The molecule has 2 aliphatic heterocycles. The minimum atomic E-state index is 0.700. The zero-order valence-corrected chi connectivity index (χ0v) is 12.9. The first-order valence-corrected chi connectivity index (χ1v) is 8.31. The first-order chi connectivity index (χ1) is 9.84. The Hall–Kier alpha value is -0.800. The lowest BCUT2D eigenvalue weighted by Crippen LogP contribution is -2.48. The number of pyridine rings is 1. The summed E-state index contributed by atoms with van der Waals surface area (Å²) in [7, 11) is 0. The third kappa shape index (κ3) is 3.26. The minimum Gasteiger partial charge on any atom is -0.369 e. The molecule has 0 bridgehead atoms. The van der Waals surface area contributed by atoms with E-state index in [9.17, 15) is 0 Å². The van der Waals surface area contributed by atoms with Crippen LogP contribution in [0.25, 0.3) is 0 Å². The van der Waals surface area contributed by atoms with Gasteiger partial charge in [0, 0.05) is 31.5 Å². The van der Waals surface area contributed by atoms with Crippen molar-refractivity contribution in [1.82, 2.24) is 9.88 Å². The zero-order valence-electron chi connectivity index (χ0n) is 12.1. The second kappa shape index (κ2) is 6.77. The topological polar surface area (TPSA) is 19.4 Å². The Kier molecular flexibility index (Phi) is 4.79. The van der Waals surface area contributed by atoms with E-state index >= 15 is 0 Å². The number of likely N-dealkylation sites (tertiary alicyclic amines) is 1. The number of halogens is 1. The van der Waals surface area contributed by atoms with Crippen LogP contribution in [-0.4, -0.2) is 42.1 Å². The first-order valence-electron chi connectivity index (χ1n) is 7.93. The van der Waals surface area contributed by atoms with Crippen LogP contribution in [0.15, 0.2) is 18.5 Å². The monoisotopic (exact) mass is 293 g/mol. The van der Waals surface area contributed by atoms with Crippen LogP contribution < -0.4 is 4.90 Å². The molecule has 3 heterocycles. The van der Waals surface area contributed by atoms with E-state index in [4.69, 9.17) is 11.6 Å². The third-order valence-electron chi connectivity index (χ3n) is 4.65. The quantitative estimate of drug-likeness (QED) is 0.831. The number of hydrogen-bond donors (Lipinski definition) is 0. The molecule has 1 unspecified atom stereocenters. The Morgan fingerprint density at radius 1 is 1.05 bits per heavy atom. The second-order valence-electron chi connectivity index (χ2n) is 6.02. The van der Waals surface area contributed by atoms with E-state index in [1.165, 1.54) is 51.6 Å². The summed E-state index contributed by atoms with van der Waals surface area (Å²) in [5.41, 5.74) is 1.15. The van der Waals surface area contributed by atoms with Gasteiger partial charge in [0.2, 0.25) is 0 Å². The summed E-state index contributed by atoms with van der Waals surface area (Å²) in [4.78, 5) is 9.26. The Morgan fingerprint density at radius 3 is 2.60 bits per heavy atom. The molecular formula is C16H24ClN3. The molecule has 0 aliphatic carbocycles. The molecular weight excluding hydrogens is 270 g/mol. The number of aromatic nitrogens is 1. The van der Waals surface area contributed by atoms with Crippen molar-refractivity contribution >= 4 is 17.3 Å². The van der Waals surface area contributed by atoms with Crippen LogP contribution in [-0.2, 0) is 0 Å². The van der Waals surface area contributed by atoms with Gasteiger partial charge in [-0.2, -0.15) is 0 Å². The molecule has 3 rings (SSSR count). The third-order valence-corrected chi connectivity index (χ3v) is 4.94. The van der Waals surface area contributed by atoms with E-state index in [2.05, 4.69) is 14.8 Å². The average molecular weight is 294 g/mol. The van der Waals surface area contributed by atoms with Gasteiger partial charge in [-0.3, -0.25) is 9.88 Å². The van der Waals surface area contributed by atoms with Gasteiger partial charge in [0.1, 0.15) is 0 Å². The van der Waals surface area contributed by atoms with Crippen molar-refractivity contribution < 1.29 is 0 Å². The van der Waals surface area contributed by atoms with Crippen molar-refractivity contribution in [3.05, 3.63) is 23.5 Å². The predicted molar refractivity (Wildman–Crippen MR) is 84.5 cm³/mol. The normalized spacial score (nSPS) is 25.4. The summed E-state index contributed by atoms with van der Waals surface area (Å²) in [6.07, 6.45) is 11.7. The van der Waals surface area contributed by atoms with E-state index in [0.717, 1.165) is 23.8 Å². The maximum Gasteiger partial charge on any atom is 0.0822 e. The molecule has 2 saturated heterocycles. The lowest BCUT2D eigenvalue weighted by atomic mass is 10.0. The lowest BCUT2D eigenvalue weighted by molar-refractivity contribution is 0.182. The standard InChI is InChI=1S/C16H24ClN3/c17-15-12-18-8-7-16(15)20-11-5-6-14(13-20)19-9-3-1-2-4-10-19/h7-8,12,14H,1-6,9-11,13H2. The summed E-state index contributed by atoms with van der Waals surface area (Å²) in [6.45, 7) is 4.79. The van der Waals surface area contributed by atoms with E-state index in [1.807, 2.05) is 12.3 Å². The number of hydrogen-bond acceptors (Lipinski definition) is 3. The number of rotatable bonds is 2. The van der Waals surface area contributed by atoms with Crippen LogP contribution in [0, 0.1) is 0 Å². The maximum atomic E-state index is 6.30. The summed E-state index contributed by atoms with van der Waals surface area (Å²) in [5.74, 6) is 0.